The lowest BCUT2D eigenvalue weighted by molar-refractivity contribution is 0.0694. The third-order valence-corrected chi connectivity index (χ3v) is 6.83. The summed E-state index contributed by atoms with van der Waals surface area (Å²) in [4.78, 5) is 19.9. The molecule has 1 fully saturated rings. The Morgan fingerprint density at radius 1 is 1.06 bits per heavy atom. The van der Waals surface area contributed by atoms with Crippen molar-refractivity contribution in [1.82, 2.24) is 9.88 Å². The molecular formula is C25H27FN2O2S. The summed E-state index contributed by atoms with van der Waals surface area (Å²) in [6.45, 7) is 5.94. The van der Waals surface area contributed by atoms with Crippen LogP contribution in [0.1, 0.15) is 44.3 Å². The minimum absolute atomic E-state index is 0.132. The average Bonchev–Trinajstić information content (AvgIpc) is 3.12. The molecule has 162 valence electrons. The molecule has 1 amide bonds. The van der Waals surface area contributed by atoms with Crippen LogP contribution in [0.2, 0.25) is 0 Å². The van der Waals surface area contributed by atoms with Crippen LogP contribution in [0.25, 0.3) is 0 Å². The lowest BCUT2D eigenvalue weighted by Crippen LogP contribution is -2.38. The number of carbonyl (C=O) groups is 1. The highest BCUT2D eigenvalue weighted by molar-refractivity contribution is 7.13. The van der Waals surface area contributed by atoms with E-state index in [0.717, 1.165) is 53.5 Å². The molecule has 0 bridgehead atoms. The molecule has 1 aromatic heterocycles. The number of aromatic nitrogens is 1. The van der Waals surface area contributed by atoms with Gasteiger partial charge in [-0.05, 0) is 74.4 Å². The van der Waals surface area contributed by atoms with E-state index in [1.807, 2.05) is 18.7 Å². The number of ether oxygens (including phenoxy) is 1. The van der Waals surface area contributed by atoms with Crippen LogP contribution in [0.3, 0.4) is 0 Å². The largest absolute Gasteiger partial charge is 0.489 e. The number of likely N-dealkylation sites (tertiary alicyclic amines) is 1. The molecule has 0 radical (unpaired) electrons. The van der Waals surface area contributed by atoms with Crippen molar-refractivity contribution in [2.24, 2.45) is 5.92 Å². The van der Waals surface area contributed by atoms with Crippen molar-refractivity contribution in [2.45, 2.75) is 39.7 Å². The first-order valence-corrected chi connectivity index (χ1v) is 11.5. The predicted octanol–water partition coefficient (Wildman–Crippen LogP) is 5.57. The number of aryl methyl sites for hydroxylation is 2. The average molecular weight is 439 g/mol. The van der Waals surface area contributed by atoms with E-state index in [2.05, 4.69) is 29.2 Å². The maximum absolute atomic E-state index is 13.0. The maximum Gasteiger partial charge on any atom is 0.265 e. The summed E-state index contributed by atoms with van der Waals surface area (Å²) in [6, 6.07) is 14.6. The number of halogens is 1. The lowest BCUT2D eigenvalue weighted by atomic mass is 9.90. The molecule has 4 nitrogen and oxygen atoms in total. The Morgan fingerprint density at radius 3 is 2.32 bits per heavy atom. The Balaban J connectivity index is 1.25. The standard InChI is InChI=1S/C25H27FN2O2S/c1-17-24(31-18(2)27-17)25(29)28-13-11-20(12-14-28)15-19-3-5-21(6-4-19)16-30-23-9-7-22(26)8-10-23/h3-10,20H,11-16H2,1-2H3. The van der Waals surface area contributed by atoms with Crippen molar-refractivity contribution < 1.29 is 13.9 Å². The number of nitrogens with zero attached hydrogens (tertiary/aromatic N) is 2. The fourth-order valence-electron chi connectivity index (χ4n) is 4.02. The normalized spacial score (nSPS) is 14.6. The van der Waals surface area contributed by atoms with Gasteiger partial charge in [-0.2, -0.15) is 0 Å². The number of benzene rings is 2. The molecule has 0 atom stereocenters. The molecule has 0 aliphatic carbocycles. The van der Waals surface area contributed by atoms with Crippen LogP contribution in [-0.2, 0) is 13.0 Å². The van der Waals surface area contributed by atoms with E-state index in [1.54, 1.807) is 12.1 Å². The van der Waals surface area contributed by atoms with Gasteiger partial charge >= 0.3 is 0 Å². The summed E-state index contributed by atoms with van der Waals surface area (Å²) in [5.41, 5.74) is 3.24. The van der Waals surface area contributed by atoms with E-state index < -0.39 is 0 Å². The molecular weight excluding hydrogens is 411 g/mol. The quantitative estimate of drug-likeness (QED) is 0.505. The lowest BCUT2D eigenvalue weighted by Gasteiger charge is -2.32. The van der Waals surface area contributed by atoms with Gasteiger partial charge in [-0.3, -0.25) is 4.79 Å². The molecule has 0 spiro atoms. The van der Waals surface area contributed by atoms with Crippen LogP contribution < -0.4 is 4.74 Å². The molecule has 31 heavy (non-hydrogen) atoms. The van der Waals surface area contributed by atoms with Gasteiger partial charge in [0, 0.05) is 13.1 Å². The Morgan fingerprint density at radius 2 is 1.71 bits per heavy atom. The highest BCUT2D eigenvalue weighted by atomic mass is 32.1. The summed E-state index contributed by atoms with van der Waals surface area (Å²) in [5, 5.41) is 0.947. The van der Waals surface area contributed by atoms with Gasteiger partial charge in [-0.25, -0.2) is 9.37 Å². The number of hydrogen-bond acceptors (Lipinski definition) is 4. The number of rotatable bonds is 6. The van der Waals surface area contributed by atoms with Crippen LogP contribution in [0.5, 0.6) is 5.75 Å². The SMILES string of the molecule is Cc1nc(C)c(C(=O)N2CCC(Cc3ccc(COc4ccc(F)cc4)cc3)CC2)s1. The third-order valence-electron chi connectivity index (χ3n) is 5.77. The van der Waals surface area contributed by atoms with Gasteiger partial charge in [0.2, 0.25) is 0 Å². The highest BCUT2D eigenvalue weighted by Gasteiger charge is 2.26. The molecule has 1 aliphatic rings. The van der Waals surface area contributed by atoms with Gasteiger partial charge in [0.1, 0.15) is 23.1 Å². The van der Waals surface area contributed by atoms with Crippen molar-refractivity contribution in [2.75, 3.05) is 13.1 Å². The Kier molecular flexibility index (Phi) is 6.66. The zero-order chi connectivity index (χ0) is 21.8. The zero-order valence-electron chi connectivity index (χ0n) is 17.9. The molecule has 0 saturated carbocycles. The fraction of sp³-hybridized carbons (Fsp3) is 0.360. The number of carbonyl (C=O) groups excluding carboxylic acids is 1. The Labute approximate surface area is 186 Å². The topological polar surface area (TPSA) is 42.4 Å². The minimum atomic E-state index is -0.263. The molecule has 2 heterocycles. The van der Waals surface area contributed by atoms with E-state index in [1.165, 1.54) is 29.0 Å². The van der Waals surface area contributed by atoms with E-state index in [-0.39, 0.29) is 11.7 Å². The number of piperidine rings is 1. The van der Waals surface area contributed by atoms with E-state index >= 15 is 0 Å². The van der Waals surface area contributed by atoms with Crippen molar-refractivity contribution in [3.8, 4) is 5.75 Å². The van der Waals surface area contributed by atoms with Crippen LogP contribution in [0.15, 0.2) is 48.5 Å². The summed E-state index contributed by atoms with van der Waals surface area (Å²) >= 11 is 1.49. The number of amides is 1. The van der Waals surface area contributed by atoms with Crippen molar-refractivity contribution in [1.29, 1.82) is 0 Å². The second-order valence-corrected chi connectivity index (χ2v) is 9.35. The van der Waals surface area contributed by atoms with E-state index in [0.29, 0.717) is 18.3 Å². The predicted molar refractivity (Wildman–Crippen MR) is 121 cm³/mol. The highest BCUT2D eigenvalue weighted by Crippen LogP contribution is 2.26. The summed E-state index contributed by atoms with van der Waals surface area (Å²) in [5.74, 6) is 1.12. The molecule has 0 N–H and O–H groups in total. The summed E-state index contributed by atoms with van der Waals surface area (Å²) in [7, 11) is 0. The molecule has 1 saturated heterocycles. The Hall–Kier alpha value is -2.73. The van der Waals surface area contributed by atoms with Gasteiger partial charge in [0.25, 0.3) is 5.91 Å². The first-order valence-electron chi connectivity index (χ1n) is 10.7. The van der Waals surface area contributed by atoms with Gasteiger partial charge in [0.05, 0.1) is 10.7 Å². The molecule has 1 aliphatic heterocycles. The number of hydrogen-bond donors (Lipinski definition) is 0. The van der Waals surface area contributed by atoms with Crippen molar-refractivity contribution in [3.63, 3.8) is 0 Å². The molecule has 4 rings (SSSR count). The first kappa shape index (κ1) is 21.5. The van der Waals surface area contributed by atoms with E-state index in [4.69, 9.17) is 4.74 Å². The van der Waals surface area contributed by atoms with Gasteiger partial charge in [-0.15, -0.1) is 11.3 Å². The smallest absolute Gasteiger partial charge is 0.265 e. The van der Waals surface area contributed by atoms with Crippen LogP contribution in [0, 0.1) is 25.6 Å². The third kappa shape index (κ3) is 5.50. The van der Waals surface area contributed by atoms with Gasteiger partial charge in [0.15, 0.2) is 0 Å². The molecule has 2 aromatic carbocycles. The zero-order valence-corrected chi connectivity index (χ0v) is 18.8. The van der Waals surface area contributed by atoms with Crippen LogP contribution >= 0.6 is 11.3 Å². The fourth-order valence-corrected chi connectivity index (χ4v) is 4.90. The van der Waals surface area contributed by atoms with Gasteiger partial charge < -0.3 is 9.64 Å². The monoisotopic (exact) mass is 438 g/mol. The molecule has 6 heteroatoms. The summed E-state index contributed by atoms with van der Waals surface area (Å²) < 4.78 is 18.7. The minimum Gasteiger partial charge on any atom is -0.489 e. The van der Waals surface area contributed by atoms with Crippen LogP contribution in [-0.4, -0.2) is 28.9 Å². The number of thiazole rings is 1. The summed E-state index contributed by atoms with van der Waals surface area (Å²) in [6.07, 6.45) is 3.08. The maximum atomic E-state index is 13.0. The van der Waals surface area contributed by atoms with Crippen molar-refractivity contribution in [3.05, 3.63) is 81.1 Å². The van der Waals surface area contributed by atoms with E-state index in [9.17, 15) is 9.18 Å². The van der Waals surface area contributed by atoms with Crippen LogP contribution in [0.4, 0.5) is 4.39 Å². The Bertz CT molecular complexity index is 1020. The second-order valence-electron chi connectivity index (χ2n) is 8.15. The molecule has 3 aromatic rings. The van der Waals surface area contributed by atoms with Gasteiger partial charge in [-0.1, -0.05) is 24.3 Å². The van der Waals surface area contributed by atoms with Crippen molar-refractivity contribution >= 4 is 17.2 Å². The molecule has 0 unspecified atom stereocenters. The second kappa shape index (κ2) is 9.60. The first-order chi connectivity index (χ1) is 15.0.